The number of benzene rings is 1. The first-order chi connectivity index (χ1) is 5.77. The number of nitriles is 1. The smallest absolute Gasteiger partial charge is 0.193 e. The van der Waals surface area contributed by atoms with Gasteiger partial charge in [0, 0.05) is 5.56 Å². The molecular formula is C9H6FNO. The second kappa shape index (κ2) is 3.63. The van der Waals surface area contributed by atoms with Crippen molar-refractivity contribution in [3.63, 3.8) is 0 Å². The lowest BCUT2D eigenvalue weighted by Gasteiger charge is -1.94. The fourth-order valence-corrected chi connectivity index (χ4v) is 0.808. The van der Waals surface area contributed by atoms with Crippen molar-refractivity contribution in [2.24, 2.45) is 0 Å². The van der Waals surface area contributed by atoms with Crippen molar-refractivity contribution < 1.29 is 9.18 Å². The van der Waals surface area contributed by atoms with Gasteiger partial charge in [-0.2, -0.15) is 5.26 Å². The SMILES string of the molecule is N#Cc1ccc(C(=O)CF)cc1. The Labute approximate surface area is 69.2 Å². The summed E-state index contributed by atoms with van der Waals surface area (Å²) in [4.78, 5) is 10.8. The van der Waals surface area contributed by atoms with Gasteiger partial charge in [-0.25, -0.2) is 4.39 Å². The van der Waals surface area contributed by atoms with E-state index in [1.54, 1.807) is 0 Å². The number of carbonyl (C=O) groups is 1. The molecule has 1 aromatic carbocycles. The minimum atomic E-state index is -0.994. The molecule has 0 unspecified atom stereocenters. The first-order valence-corrected chi connectivity index (χ1v) is 3.37. The van der Waals surface area contributed by atoms with Gasteiger partial charge in [0.2, 0.25) is 0 Å². The summed E-state index contributed by atoms with van der Waals surface area (Å²) in [7, 11) is 0. The first kappa shape index (κ1) is 8.41. The molecule has 0 fully saturated rings. The summed E-state index contributed by atoms with van der Waals surface area (Å²) >= 11 is 0. The summed E-state index contributed by atoms with van der Waals surface area (Å²) in [5, 5.41) is 8.42. The Kier molecular flexibility index (Phi) is 2.54. The highest BCUT2D eigenvalue weighted by atomic mass is 19.1. The van der Waals surface area contributed by atoms with Gasteiger partial charge in [0.05, 0.1) is 11.6 Å². The zero-order chi connectivity index (χ0) is 8.97. The second-order valence-corrected chi connectivity index (χ2v) is 2.25. The Balaban J connectivity index is 2.94. The maximum Gasteiger partial charge on any atom is 0.193 e. The molecular weight excluding hydrogens is 157 g/mol. The lowest BCUT2D eigenvalue weighted by Crippen LogP contribution is -2.00. The number of carbonyl (C=O) groups excluding carboxylic acids is 1. The summed E-state index contributed by atoms with van der Waals surface area (Å²) in [5.41, 5.74) is 0.766. The largest absolute Gasteiger partial charge is 0.291 e. The normalized spacial score (nSPS) is 9.00. The molecule has 0 saturated heterocycles. The second-order valence-electron chi connectivity index (χ2n) is 2.25. The van der Waals surface area contributed by atoms with Crippen molar-refractivity contribution in [2.75, 3.05) is 6.67 Å². The molecule has 0 radical (unpaired) electrons. The summed E-state index contributed by atoms with van der Waals surface area (Å²) in [6.07, 6.45) is 0. The van der Waals surface area contributed by atoms with E-state index >= 15 is 0 Å². The lowest BCUT2D eigenvalue weighted by atomic mass is 10.1. The number of hydrogen-bond donors (Lipinski definition) is 0. The average Bonchev–Trinajstić information content (AvgIpc) is 2.17. The van der Waals surface area contributed by atoms with Gasteiger partial charge in [0.1, 0.15) is 0 Å². The van der Waals surface area contributed by atoms with Crippen LogP contribution < -0.4 is 0 Å². The van der Waals surface area contributed by atoms with E-state index in [1.165, 1.54) is 24.3 Å². The molecule has 0 amide bonds. The van der Waals surface area contributed by atoms with Crippen molar-refractivity contribution in [1.82, 2.24) is 0 Å². The maximum absolute atomic E-state index is 11.8. The third kappa shape index (κ3) is 1.67. The van der Waals surface area contributed by atoms with Gasteiger partial charge in [0.15, 0.2) is 12.5 Å². The number of hydrogen-bond acceptors (Lipinski definition) is 2. The molecule has 0 bridgehead atoms. The molecule has 1 rings (SSSR count). The number of rotatable bonds is 2. The molecule has 0 spiro atoms. The standard InChI is InChI=1S/C9H6FNO/c10-5-9(12)8-3-1-7(6-11)2-4-8/h1-4H,5H2. The predicted octanol–water partition coefficient (Wildman–Crippen LogP) is 1.71. The minimum Gasteiger partial charge on any atom is -0.291 e. The molecule has 0 heterocycles. The maximum atomic E-state index is 11.8. The van der Waals surface area contributed by atoms with Gasteiger partial charge in [-0.05, 0) is 24.3 Å². The molecule has 3 heteroatoms. The van der Waals surface area contributed by atoms with E-state index in [-0.39, 0.29) is 0 Å². The highest BCUT2D eigenvalue weighted by molar-refractivity contribution is 5.97. The molecule has 0 aromatic heterocycles. The number of nitrogens with zero attached hydrogens (tertiary/aromatic N) is 1. The topological polar surface area (TPSA) is 40.9 Å². The minimum absolute atomic E-state index is 0.302. The molecule has 60 valence electrons. The number of alkyl halides is 1. The Hall–Kier alpha value is -1.69. The van der Waals surface area contributed by atoms with Crippen molar-refractivity contribution in [2.45, 2.75) is 0 Å². The molecule has 0 N–H and O–H groups in total. The van der Waals surface area contributed by atoms with E-state index in [0.29, 0.717) is 11.1 Å². The van der Waals surface area contributed by atoms with Crippen LogP contribution in [0.15, 0.2) is 24.3 Å². The summed E-state index contributed by atoms with van der Waals surface area (Å²) in [6.45, 7) is -0.994. The lowest BCUT2D eigenvalue weighted by molar-refractivity contribution is 0.0958. The Morgan fingerprint density at radius 3 is 2.42 bits per heavy atom. The zero-order valence-electron chi connectivity index (χ0n) is 6.25. The van der Waals surface area contributed by atoms with E-state index < -0.39 is 12.5 Å². The van der Waals surface area contributed by atoms with Crippen molar-refractivity contribution in [3.8, 4) is 6.07 Å². The summed E-state index contributed by atoms with van der Waals surface area (Å²) in [5.74, 6) is -0.556. The van der Waals surface area contributed by atoms with Crippen LogP contribution in [-0.4, -0.2) is 12.5 Å². The molecule has 0 aliphatic rings. The fourth-order valence-electron chi connectivity index (χ4n) is 0.808. The quantitative estimate of drug-likeness (QED) is 0.622. The van der Waals surface area contributed by atoms with Gasteiger partial charge in [-0.1, -0.05) is 0 Å². The monoisotopic (exact) mass is 163 g/mol. The van der Waals surface area contributed by atoms with Crippen LogP contribution in [0.3, 0.4) is 0 Å². The van der Waals surface area contributed by atoms with E-state index in [4.69, 9.17) is 5.26 Å². The molecule has 12 heavy (non-hydrogen) atoms. The summed E-state index contributed by atoms with van der Waals surface area (Å²) < 4.78 is 11.8. The Bertz CT molecular complexity index is 323. The average molecular weight is 163 g/mol. The zero-order valence-corrected chi connectivity index (χ0v) is 6.25. The third-order valence-corrected chi connectivity index (χ3v) is 1.46. The third-order valence-electron chi connectivity index (χ3n) is 1.46. The van der Waals surface area contributed by atoms with E-state index in [9.17, 15) is 9.18 Å². The molecule has 1 aromatic rings. The molecule has 0 atom stereocenters. The highest BCUT2D eigenvalue weighted by Gasteiger charge is 2.03. The Morgan fingerprint density at radius 2 is 2.00 bits per heavy atom. The number of Topliss-reactive ketones (excluding diaryl/α,β-unsaturated/α-hetero) is 1. The first-order valence-electron chi connectivity index (χ1n) is 3.37. The van der Waals surface area contributed by atoms with Crippen LogP contribution in [0.1, 0.15) is 15.9 Å². The van der Waals surface area contributed by atoms with Crippen LogP contribution in [0.25, 0.3) is 0 Å². The number of ketones is 1. The van der Waals surface area contributed by atoms with Crippen LogP contribution >= 0.6 is 0 Å². The van der Waals surface area contributed by atoms with Crippen LogP contribution in [-0.2, 0) is 0 Å². The van der Waals surface area contributed by atoms with Gasteiger partial charge in [-0.15, -0.1) is 0 Å². The van der Waals surface area contributed by atoms with Gasteiger partial charge < -0.3 is 0 Å². The Morgan fingerprint density at radius 1 is 1.42 bits per heavy atom. The van der Waals surface area contributed by atoms with Crippen molar-refractivity contribution in [1.29, 1.82) is 5.26 Å². The van der Waals surface area contributed by atoms with Gasteiger partial charge >= 0.3 is 0 Å². The van der Waals surface area contributed by atoms with E-state index in [1.807, 2.05) is 6.07 Å². The fraction of sp³-hybridized carbons (Fsp3) is 0.111. The van der Waals surface area contributed by atoms with Crippen molar-refractivity contribution in [3.05, 3.63) is 35.4 Å². The summed E-state index contributed by atoms with van der Waals surface area (Å²) in [6, 6.07) is 7.77. The van der Waals surface area contributed by atoms with Crippen molar-refractivity contribution >= 4 is 5.78 Å². The van der Waals surface area contributed by atoms with E-state index in [0.717, 1.165) is 0 Å². The van der Waals surface area contributed by atoms with Gasteiger partial charge in [-0.3, -0.25) is 4.79 Å². The molecule has 0 saturated carbocycles. The van der Waals surface area contributed by atoms with Crippen LogP contribution in [0.4, 0.5) is 4.39 Å². The highest BCUT2D eigenvalue weighted by Crippen LogP contribution is 2.04. The van der Waals surface area contributed by atoms with Crippen LogP contribution in [0, 0.1) is 11.3 Å². The predicted molar refractivity (Wildman–Crippen MR) is 41.5 cm³/mol. The van der Waals surface area contributed by atoms with Crippen LogP contribution in [0.2, 0.25) is 0 Å². The number of halogens is 1. The van der Waals surface area contributed by atoms with Gasteiger partial charge in [0.25, 0.3) is 0 Å². The molecule has 2 nitrogen and oxygen atoms in total. The molecule has 0 aliphatic heterocycles. The molecule has 0 aliphatic carbocycles. The van der Waals surface area contributed by atoms with Crippen LogP contribution in [0.5, 0.6) is 0 Å². The van der Waals surface area contributed by atoms with E-state index in [2.05, 4.69) is 0 Å².